The average molecular weight is 396 g/mol. The number of rotatable bonds is 4. The molecule has 0 atom stereocenters. The number of hydrogen-bond acceptors (Lipinski definition) is 2. The van der Waals surface area contributed by atoms with Crippen molar-refractivity contribution >= 4 is 49.5 Å². The van der Waals surface area contributed by atoms with E-state index in [-0.39, 0.29) is 5.91 Å². The minimum absolute atomic E-state index is 0.0158. The molecular weight excluding hydrogens is 372 g/mol. The van der Waals surface area contributed by atoms with Gasteiger partial charge in [0.25, 0.3) is 5.91 Å². The van der Waals surface area contributed by atoms with Gasteiger partial charge >= 0.3 is 0 Å². The van der Waals surface area contributed by atoms with Gasteiger partial charge in [0, 0.05) is 45.7 Å². The van der Waals surface area contributed by atoms with Crippen LogP contribution in [-0.4, -0.2) is 47.0 Å². The van der Waals surface area contributed by atoms with E-state index in [9.17, 15) is 4.79 Å². The van der Waals surface area contributed by atoms with Crippen molar-refractivity contribution in [2.24, 2.45) is 0 Å². The number of amides is 1. The van der Waals surface area contributed by atoms with Crippen molar-refractivity contribution < 1.29 is 4.79 Å². The number of aromatic amines is 2. The standard InChI is InChI=1S/C25H24N4O/c30-25(26-11-14-29-12-5-6-13-29)19-15-18-16-7-1-3-9-20(16)27-23(18)22-17-8-2-4-10-21(17)28-24(19)22/h1-4,7-10,15,27-28H,5-6,11-14H2,(H,26,30). The maximum atomic E-state index is 13.3. The van der Waals surface area contributed by atoms with E-state index < -0.39 is 0 Å². The number of aromatic nitrogens is 2. The lowest BCUT2D eigenvalue weighted by Crippen LogP contribution is -2.33. The molecule has 0 saturated carbocycles. The highest BCUT2D eigenvalue weighted by Crippen LogP contribution is 2.37. The topological polar surface area (TPSA) is 63.9 Å². The van der Waals surface area contributed by atoms with Crippen molar-refractivity contribution in [1.82, 2.24) is 20.2 Å². The Balaban J connectivity index is 1.51. The molecule has 2 aromatic heterocycles. The van der Waals surface area contributed by atoms with Crippen LogP contribution >= 0.6 is 0 Å². The number of H-pyrrole nitrogens is 2. The third-order valence-electron chi connectivity index (χ3n) is 6.42. The van der Waals surface area contributed by atoms with E-state index in [2.05, 4.69) is 44.5 Å². The first-order chi connectivity index (χ1) is 14.8. The quantitative estimate of drug-likeness (QED) is 0.409. The van der Waals surface area contributed by atoms with E-state index in [1.807, 2.05) is 30.3 Å². The van der Waals surface area contributed by atoms with Gasteiger partial charge in [0.2, 0.25) is 0 Å². The number of carbonyl (C=O) groups excluding carboxylic acids is 1. The number of para-hydroxylation sites is 2. The molecule has 5 nitrogen and oxygen atoms in total. The van der Waals surface area contributed by atoms with Gasteiger partial charge in [-0.3, -0.25) is 4.79 Å². The third-order valence-corrected chi connectivity index (χ3v) is 6.42. The molecule has 1 amide bonds. The van der Waals surface area contributed by atoms with Crippen LogP contribution in [-0.2, 0) is 0 Å². The zero-order valence-corrected chi connectivity index (χ0v) is 16.8. The second-order valence-corrected chi connectivity index (χ2v) is 8.24. The Morgan fingerprint density at radius 1 is 0.867 bits per heavy atom. The molecule has 6 rings (SSSR count). The SMILES string of the molecule is O=C(NCCN1CCCC1)c1cc2c3ccccc3[nH]c2c2c1[nH]c1ccccc12. The summed E-state index contributed by atoms with van der Waals surface area (Å²) >= 11 is 0. The molecular formula is C25H24N4O. The second kappa shape index (κ2) is 6.89. The summed E-state index contributed by atoms with van der Waals surface area (Å²) in [6.07, 6.45) is 2.53. The number of fused-ring (bicyclic) bond motifs is 7. The zero-order valence-electron chi connectivity index (χ0n) is 16.8. The highest BCUT2D eigenvalue weighted by molar-refractivity contribution is 6.28. The van der Waals surface area contributed by atoms with Gasteiger partial charge in [0.05, 0.1) is 16.6 Å². The van der Waals surface area contributed by atoms with Crippen LogP contribution in [0, 0.1) is 0 Å². The second-order valence-electron chi connectivity index (χ2n) is 8.24. The molecule has 0 aliphatic carbocycles. The lowest BCUT2D eigenvalue weighted by atomic mass is 10.0. The molecule has 0 spiro atoms. The maximum Gasteiger partial charge on any atom is 0.253 e. The van der Waals surface area contributed by atoms with Crippen molar-refractivity contribution in [3.8, 4) is 0 Å². The monoisotopic (exact) mass is 396 g/mol. The predicted octanol–water partition coefficient (Wildman–Crippen LogP) is 4.78. The minimum atomic E-state index is -0.0158. The smallest absolute Gasteiger partial charge is 0.253 e. The summed E-state index contributed by atoms with van der Waals surface area (Å²) in [6.45, 7) is 3.87. The van der Waals surface area contributed by atoms with E-state index >= 15 is 0 Å². The van der Waals surface area contributed by atoms with E-state index in [0.717, 1.165) is 63.2 Å². The number of nitrogens with one attached hydrogen (secondary N) is 3. The molecule has 30 heavy (non-hydrogen) atoms. The number of carbonyl (C=O) groups is 1. The van der Waals surface area contributed by atoms with Crippen LogP contribution in [0.1, 0.15) is 23.2 Å². The molecule has 0 unspecified atom stereocenters. The fourth-order valence-corrected chi connectivity index (χ4v) is 4.94. The largest absolute Gasteiger partial charge is 0.354 e. The summed E-state index contributed by atoms with van der Waals surface area (Å²) < 4.78 is 0. The molecule has 5 aromatic rings. The molecule has 1 saturated heterocycles. The van der Waals surface area contributed by atoms with Crippen molar-refractivity contribution in [1.29, 1.82) is 0 Å². The number of likely N-dealkylation sites (tertiary alicyclic amines) is 1. The van der Waals surface area contributed by atoms with Gasteiger partial charge in [-0.25, -0.2) is 0 Å². The van der Waals surface area contributed by atoms with Gasteiger partial charge < -0.3 is 20.2 Å². The first-order valence-electron chi connectivity index (χ1n) is 10.7. The van der Waals surface area contributed by atoms with Crippen molar-refractivity contribution in [2.45, 2.75) is 12.8 Å². The Hall–Kier alpha value is -3.31. The molecule has 150 valence electrons. The Morgan fingerprint density at radius 2 is 1.53 bits per heavy atom. The molecule has 3 aromatic carbocycles. The average Bonchev–Trinajstić information content (AvgIpc) is 3.49. The molecule has 1 fully saturated rings. The third kappa shape index (κ3) is 2.70. The summed E-state index contributed by atoms with van der Waals surface area (Å²) in [7, 11) is 0. The van der Waals surface area contributed by atoms with Gasteiger partial charge in [-0.05, 0) is 44.1 Å². The highest BCUT2D eigenvalue weighted by Gasteiger charge is 2.20. The van der Waals surface area contributed by atoms with Crippen LogP contribution in [0.25, 0.3) is 43.6 Å². The molecule has 0 radical (unpaired) electrons. The van der Waals surface area contributed by atoms with Gasteiger partial charge in [-0.15, -0.1) is 0 Å². The summed E-state index contributed by atoms with van der Waals surface area (Å²) in [4.78, 5) is 22.8. The lowest BCUT2D eigenvalue weighted by Gasteiger charge is -2.15. The van der Waals surface area contributed by atoms with Crippen LogP contribution in [0.3, 0.4) is 0 Å². The molecule has 1 aliphatic heterocycles. The number of nitrogens with zero attached hydrogens (tertiary/aromatic N) is 1. The summed E-state index contributed by atoms with van der Waals surface area (Å²) in [6, 6.07) is 18.6. The van der Waals surface area contributed by atoms with E-state index in [0.29, 0.717) is 12.1 Å². The van der Waals surface area contributed by atoms with Gasteiger partial charge in [-0.1, -0.05) is 36.4 Å². The van der Waals surface area contributed by atoms with E-state index in [1.165, 1.54) is 12.8 Å². The van der Waals surface area contributed by atoms with Crippen LogP contribution in [0.4, 0.5) is 0 Å². The first kappa shape index (κ1) is 17.5. The molecule has 0 bridgehead atoms. The van der Waals surface area contributed by atoms with Crippen LogP contribution < -0.4 is 5.32 Å². The summed E-state index contributed by atoms with van der Waals surface area (Å²) in [5.74, 6) is -0.0158. The van der Waals surface area contributed by atoms with Crippen molar-refractivity contribution in [3.63, 3.8) is 0 Å². The van der Waals surface area contributed by atoms with E-state index in [4.69, 9.17) is 0 Å². The number of benzene rings is 3. The van der Waals surface area contributed by atoms with Gasteiger partial charge in [0.15, 0.2) is 0 Å². The predicted molar refractivity (Wildman–Crippen MR) is 123 cm³/mol. The van der Waals surface area contributed by atoms with E-state index in [1.54, 1.807) is 0 Å². The fourth-order valence-electron chi connectivity index (χ4n) is 4.94. The van der Waals surface area contributed by atoms with Crippen LogP contribution in [0.5, 0.6) is 0 Å². The maximum absolute atomic E-state index is 13.3. The Bertz CT molecular complexity index is 1400. The lowest BCUT2D eigenvalue weighted by molar-refractivity contribution is 0.0951. The van der Waals surface area contributed by atoms with Crippen molar-refractivity contribution in [2.75, 3.05) is 26.2 Å². The normalized spacial score (nSPS) is 15.1. The molecule has 5 heteroatoms. The number of hydrogen-bond donors (Lipinski definition) is 3. The molecule has 1 aliphatic rings. The summed E-state index contributed by atoms with van der Waals surface area (Å²) in [5, 5.41) is 7.61. The van der Waals surface area contributed by atoms with Crippen LogP contribution in [0.15, 0.2) is 54.6 Å². The Morgan fingerprint density at radius 3 is 2.33 bits per heavy atom. The Labute approximate surface area is 174 Å². The van der Waals surface area contributed by atoms with Gasteiger partial charge in [0.1, 0.15) is 0 Å². The highest BCUT2D eigenvalue weighted by atomic mass is 16.1. The van der Waals surface area contributed by atoms with Crippen LogP contribution in [0.2, 0.25) is 0 Å². The first-order valence-corrected chi connectivity index (χ1v) is 10.7. The zero-order chi connectivity index (χ0) is 20.1. The minimum Gasteiger partial charge on any atom is -0.354 e. The summed E-state index contributed by atoms with van der Waals surface area (Å²) in [5.41, 5.74) is 4.82. The fraction of sp³-hybridized carbons (Fsp3) is 0.240. The van der Waals surface area contributed by atoms with Crippen molar-refractivity contribution in [3.05, 3.63) is 60.2 Å². The molecule has 3 N–H and O–H groups in total. The molecule has 3 heterocycles. The van der Waals surface area contributed by atoms with Gasteiger partial charge in [-0.2, -0.15) is 0 Å². The Kier molecular flexibility index (Phi) is 4.03.